The standard InChI is InChI=1S/C14H27N3O2.ClH/c1-4-6-12(18)16-9-11-7-5-8-17(10-11)13(19)14(2,3)15;/h11H,4-10,15H2,1-3H3,(H,16,18);1H. The minimum Gasteiger partial charge on any atom is -0.356 e. The molecule has 1 aliphatic heterocycles. The molecule has 118 valence electrons. The van der Waals surface area contributed by atoms with Crippen LogP contribution in [0, 0.1) is 5.92 Å². The second-order valence-electron chi connectivity index (χ2n) is 6.04. The van der Waals surface area contributed by atoms with Crippen LogP contribution >= 0.6 is 12.4 Å². The van der Waals surface area contributed by atoms with Crippen molar-refractivity contribution in [1.29, 1.82) is 0 Å². The van der Waals surface area contributed by atoms with Crippen molar-refractivity contribution in [1.82, 2.24) is 10.2 Å². The maximum absolute atomic E-state index is 12.1. The third-order valence-corrected chi connectivity index (χ3v) is 3.42. The number of rotatable bonds is 5. The van der Waals surface area contributed by atoms with Crippen LogP contribution in [0.4, 0.5) is 0 Å². The van der Waals surface area contributed by atoms with E-state index < -0.39 is 5.54 Å². The molecule has 0 radical (unpaired) electrons. The number of piperidine rings is 1. The van der Waals surface area contributed by atoms with E-state index in [0.29, 0.717) is 25.4 Å². The molecule has 2 amide bonds. The van der Waals surface area contributed by atoms with Gasteiger partial charge in [0.1, 0.15) is 0 Å². The highest BCUT2D eigenvalue weighted by Gasteiger charge is 2.31. The number of amides is 2. The molecule has 20 heavy (non-hydrogen) atoms. The van der Waals surface area contributed by atoms with Crippen LogP contribution in [-0.2, 0) is 9.59 Å². The van der Waals surface area contributed by atoms with Crippen molar-refractivity contribution in [3.8, 4) is 0 Å². The van der Waals surface area contributed by atoms with E-state index in [4.69, 9.17) is 5.73 Å². The normalized spacial score (nSPS) is 19.2. The molecular weight excluding hydrogens is 278 g/mol. The van der Waals surface area contributed by atoms with E-state index >= 15 is 0 Å². The van der Waals surface area contributed by atoms with Crippen molar-refractivity contribution in [2.45, 2.75) is 52.0 Å². The molecule has 0 spiro atoms. The number of likely N-dealkylation sites (tertiary alicyclic amines) is 1. The molecule has 5 nitrogen and oxygen atoms in total. The summed E-state index contributed by atoms with van der Waals surface area (Å²) in [6.07, 6.45) is 3.48. The Morgan fingerprint density at radius 1 is 1.40 bits per heavy atom. The number of nitrogens with two attached hydrogens (primary N) is 1. The molecule has 0 aromatic carbocycles. The van der Waals surface area contributed by atoms with Gasteiger partial charge in [0.05, 0.1) is 5.54 Å². The topological polar surface area (TPSA) is 75.4 Å². The van der Waals surface area contributed by atoms with Crippen molar-refractivity contribution < 1.29 is 9.59 Å². The van der Waals surface area contributed by atoms with E-state index in [2.05, 4.69) is 5.32 Å². The minimum atomic E-state index is -0.812. The van der Waals surface area contributed by atoms with Gasteiger partial charge in [0.25, 0.3) is 0 Å². The fraction of sp³-hybridized carbons (Fsp3) is 0.857. The van der Waals surface area contributed by atoms with E-state index in [-0.39, 0.29) is 24.2 Å². The maximum atomic E-state index is 12.1. The Morgan fingerprint density at radius 3 is 2.60 bits per heavy atom. The van der Waals surface area contributed by atoms with Gasteiger partial charge in [-0.05, 0) is 39.0 Å². The number of nitrogens with zero attached hydrogens (tertiary/aromatic N) is 1. The first-order valence-electron chi connectivity index (χ1n) is 7.19. The van der Waals surface area contributed by atoms with Crippen molar-refractivity contribution in [2.75, 3.05) is 19.6 Å². The summed E-state index contributed by atoms with van der Waals surface area (Å²) in [6.45, 7) is 7.60. The van der Waals surface area contributed by atoms with Gasteiger partial charge in [0, 0.05) is 26.1 Å². The molecule has 6 heteroatoms. The number of carbonyl (C=O) groups excluding carboxylic acids is 2. The van der Waals surface area contributed by atoms with Gasteiger partial charge in [-0.15, -0.1) is 12.4 Å². The first-order valence-corrected chi connectivity index (χ1v) is 7.19. The third-order valence-electron chi connectivity index (χ3n) is 3.42. The SMILES string of the molecule is CCCC(=O)NCC1CCCN(C(=O)C(C)(C)N)C1.Cl. The first-order chi connectivity index (χ1) is 8.84. The molecule has 0 aliphatic carbocycles. The van der Waals surface area contributed by atoms with Crippen molar-refractivity contribution in [3.05, 3.63) is 0 Å². The summed E-state index contributed by atoms with van der Waals surface area (Å²) in [5, 5.41) is 2.94. The van der Waals surface area contributed by atoms with Gasteiger partial charge in [0.15, 0.2) is 0 Å². The van der Waals surface area contributed by atoms with Gasteiger partial charge < -0.3 is 16.0 Å². The van der Waals surface area contributed by atoms with E-state index in [9.17, 15) is 9.59 Å². The molecule has 1 fully saturated rings. The Kier molecular flexibility index (Phi) is 8.13. The summed E-state index contributed by atoms with van der Waals surface area (Å²) in [7, 11) is 0. The zero-order valence-corrected chi connectivity index (χ0v) is 13.6. The van der Waals surface area contributed by atoms with Crippen LogP contribution in [0.25, 0.3) is 0 Å². The van der Waals surface area contributed by atoms with Crippen LogP contribution in [0.5, 0.6) is 0 Å². The Labute approximate surface area is 128 Å². The highest BCUT2D eigenvalue weighted by atomic mass is 35.5. The van der Waals surface area contributed by atoms with Crippen LogP contribution < -0.4 is 11.1 Å². The number of nitrogens with one attached hydrogen (secondary N) is 1. The molecule has 1 rings (SSSR count). The maximum Gasteiger partial charge on any atom is 0.242 e. The van der Waals surface area contributed by atoms with Crippen LogP contribution in [0.3, 0.4) is 0 Å². The molecule has 0 bridgehead atoms. The average Bonchev–Trinajstić information content (AvgIpc) is 2.35. The van der Waals surface area contributed by atoms with Crippen molar-refractivity contribution >= 4 is 24.2 Å². The smallest absolute Gasteiger partial charge is 0.242 e. The Hall–Kier alpha value is -0.810. The summed E-state index contributed by atoms with van der Waals surface area (Å²) in [5.74, 6) is 0.447. The van der Waals surface area contributed by atoms with Gasteiger partial charge in [-0.3, -0.25) is 9.59 Å². The molecule has 1 saturated heterocycles. The Morgan fingerprint density at radius 2 is 2.05 bits per heavy atom. The minimum absolute atomic E-state index is 0. The van der Waals surface area contributed by atoms with E-state index in [1.54, 1.807) is 13.8 Å². The van der Waals surface area contributed by atoms with Gasteiger partial charge in [-0.25, -0.2) is 0 Å². The van der Waals surface area contributed by atoms with Crippen LogP contribution in [0.15, 0.2) is 0 Å². The fourth-order valence-electron chi connectivity index (χ4n) is 2.40. The van der Waals surface area contributed by atoms with Crippen molar-refractivity contribution in [2.24, 2.45) is 11.7 Å². The van der Waals surface area contributed by atoms with Crippen LogP contribution in [-0.4, -0.2) is 41.9 Å². The summed E-state index contributed by atoms with van der Waals surface area (Å²) >= 11 is 0. The molecule has 1 heterocycles. The predicted molar refractivity (Wildman–Crippen MR) is 82.7 cm³/mol. The monoisotopic (exact) mass is 305 g/mol. The number of halogens is 1. The second-order valence-corrected chi connectivity index (χ2v) is 6.04. The highest BCUT2D eigenvalue weighted by molar-refractivity contribution is 5.85. The molecule has 1 unspecified atom stereocenters. The molecule has 1 aliphatic rings. The summed E-state index contributed by atoms with van der Waals surface area (Å²) in [4.78, 5) is 25.4. The lowest BCUT2D eigenvalue weighted by Gasteiger charge is -2.36. The molecule has 0 saturated carbocycles. The average molecular weight is 306 g/mol. The van der Waals surface area contributed by atoms with Gasteiger partial charge in [-0.1, -0.05) is 6.92 Å². The largest absolute Gasteiger partial charge is 0.356 e. The van der Waals surface area contributed by atoms with E-state index in [1.807, 2.05) is 11.8 Å². The zero-order chi connectivity index (χ0) is 14.5. The lowest BCUT2D eigenvalue weighted by Crippen LogP contribution is -2.54. The first kappa shape index (κ1) is 19.2. The fourth-order valence-corrected chi connectivity index (χ4v) is 2.40. The van der Waals surface area contributed by atoms with Crippen LogP contribution in [0.2, 0.25) is 0 Å². The highest BCUT2D eigenvalue weighted by Crippen LogP contribution is 2.18. The molecule has 0 aromatic heterocycles. The number of hydrogen-bond donors (Lipinski definition) is 2. The molecular formula is C14H28ClN3O2. The van der Waals surface area contributed by atoms with Crippen molar-refractivity contribution in [3.63, 3.8) is 0 Å². The summed E-state index contributed by atoms with van der Waals surface area (Å²) in [6, 6.07) is 0. The van der Waals surface area contributed by atoms with E-state index in [0.717, 1.165) is 25.8 Å². The molecule has 1 atom stereocenters. The second kappa shape index (κ2) is 8.47. The van der Waals surface area contributed by atoms with Gasteiger partial charge in [-0.2, -0.15) is 0 Å². The predicted octanol–water partition coefficient (Wildman–Crippen LogP) is 1.30. The van der Waals surface area contributed by atoms with E-state index in [1.165, 1.54) is 0 Å². The molecule has 3 N–H and O–H groups in total. The van der Waals surface area contributed by atoms with Gasteiger partial charge >= 0.3 is 0 Å². The van der Waals surface area contributed by atoms with Gasteiger partial charge in [0.2, 0.25) is 11.8 Å². The van der Waals surface area contributed by atoms with Crippen LogP contribution in [0.1, 0.15) is 46.5 Å². The lowest BCUT2D eigenvalue weighted by molar-refractivity contribution is -0.137. The number of carbonyl (C=O) groups is 2. The summed E-state index contributed by atoms with van der Waals surface area (Å²) < 4.78 is 0. The third kappa shape index (κ3) is 6.09. The lowest BCUT2D eigenvalue weighted by atomic mass is 9.95. The Bertz CT molecular complexity index is 329. The zero-order valence-electron chi connectivity index (χ0n) is 12.8. The quantitative estimate of drug-likeness (QED) is 0.804. The summed E-state index contributed by atoms with van der Waals surface area (Å²) in [5.41, 5.74) is 5.04. The Balaban J connectivity index is 0.00000361. The molecule has 0 aromatic rings. The number of hydrogen-bond acceptors (Lipinski definition) is 3.